The Morgan fingerprint density at radius 2 is 1.52 bits per heavy atom. The summed E-state index contributed by atoms with van der Waals surface area (Å²) in [5.41, 5.74) is 8.29. The molecule has 2 aromatic rings. The van der Waals surface area contributed by atoms with Gasteiger partial charge in [-0.3, -0.25) is 4.79 Å². The summed E-state index contributed by atoms with van der Waals surface area (Å²) in [6.07, 6.45) is 0.478. The predicted octanol–water partition coefficient (Wildman–Crippen LogP) is 3.00. The average molecular weight is 282 g/mol. The summed E-state index contributed by atoms with van der Waals surface area (Å²) in [5, 5.41) is 2.92. The number of amides is 1. The van der Waals surface area contributed by atoms with E-state index in [-0.39, 0.29) is 17.9 Å². The summed E-state index contributed by atoms with van der Waals surface area (Å²) in [5.74, 6) is 0.247. The van der Waals surface area contributed by atoms with Crippen molar-refractivity contribution in [3.05, 3.63) is 71.8 Å². The van der Waals surface area contributed by atoms with Crippen LogP contribution in [0.3, 0.4) is 0 Å². The highest BCUT2D eigenvalue weighted by Gasteiger charge is 2.12. The molecule has 0 saturated carbocycles. The molecule has 0 radical (unpaired) electrons. The van der Waals surface area contributed by atoms with E-state index in [9.17, 15) is 4.79 Å². The van der Waals surface area contributed by atoms with Crippen LogP contribution in [0.1, 0.15) is 36.4 Å². The van der Waals surface area contributed by atoms with Crippen LogP contribution >= 0.6 is 0 Å². The number of rotatable bonds is 6. The summed E-state index contributed by atoms with van der Waals surface area (Å²) in [6.45, 7) is 2.52. The van der Waals surface area contributed by atoms with E-state index in [2.05, 4.69) is 12.2 Å². The molecule has 21 heavy (non-hydrogen) atoms. The lowest BCUT2D eigenvalue weighted by molar-refractivity contribution is -0.121. The van der Waals surface area contributed by atoms with E-state index in [1.54, 1.807) is 0 Å². The highest BCUT2D eigenvalue weighted by Crippen LogP contribution is 2.18. The molecule has 3 nitrogen and oxygen atoms in total. The predicted molar refractivity (Wildman–Crippen MR) is 85.9 cm³/mol. The summed E-state index contributed by atoms with van der Waals surface area (Å²) < 4.78 is 0. The maximum absolute atomic E-state index is 12.0. The Balaban J connectivity index is 1.80. The van der Waals surface area contributed by atoms with Crippen LogP contribution in [0.25, 0.3) is 0 Å². The maximum Gasteiger partial charge on any atom is 0.220 e. The molecule has 2 unspecified atom stereocenters. The highest BCUT2D eigenvalue weighted by atomic mass is 16.1. The smallest absolute Gasteiger partial charge is 0.220 e. The van der Waals surface area contributed by atoms with Gasteiger partial charge in [-0.15, -0.1) is 0 Å². The fraction of sp³-hybridized carbons (Fsp3) is 0.278. The normalized spacial score (nSPS) is 13.4. The molecule has 0 aliphatic heterocycles. The summed E-state index contributed by atoms with van der Waals surface area (Å²) in [6, 6.07) is 19.7. The number of nitrogens with two attached hydrogens (primary N) is 1. The van der Waals surface area contributed by atoms with Gasteiger partial charge in [0.25, 0.3) is 0 Å². The standard InChI is InChI=1S/C18H22N2O/c1-14(15-8-4-2-5-9-15)12-18(21)20-13-17(19)16-10-6-3-7-11-16/h2-11,14,17H,12-13,19H2,1H3,(H,20,21). The minimum Gasteiger partial charge on any atom is -0.354 e. The fourth-order valence-corrected chi connectivity index (χ4v) is 2.29. The third-order valence-electron chi connectivity index (χ3n) is 3.61. The lowest BCUT2D eigenvalue weighted by Crippen LogP contribution is -2.32. The third kappa shape index (κ3) is 4.72. The zero-order chi connectivity index (χ0) is 15.1. The van der Waals surface area contributed by atoms with Crippen LogP contribution in [0, 0.1) is 0 Å². The van der Waals surface area contributed by atoms with E-state index in [0.29, 0.717) is 13.0 Å². The first-order valence-electron chi connectivity index (χ1n) is 7.29. The van der Waals surface area contributed by atoms with Crippen molar-refractivity contribution < 1.29 is 4.79 Å². The van der Waals surface area contributed by atoms with Gasteiger partial charge in [-0.05, 0) is 17.0 Å². The van der Waals surface area contributed by atoms with Gasteiger partial charge >= 0.3 is 0 Å². The summed E-state index contributed by atoms with van der Waals surface area (Å²) in [7, 11) is 0. The van der Waals surface area contributed by atoms with Crippen molar-refractivity contribution in [1.29, 1.82) is 0 Å². The van der Waals surface area contributed by atoms with Crippen LogP contribution < -0.4 is 11.1 Å². The van der Waals surface area contributed by atoms with Crippen molar-refractivity contribution in [2.24, 2.45) is 5.73 Å². The van der Waals surface area contributed by atoms with Crippen LogP contribution in [0.2, 0.25) is 0 Å². The molecule has 3 heteroatoms. The summed E-state index contributed by atoms with van der Waals surface area (Å²) in [4.78, 5) is 12.0. The van der Waals surface area contributed by atoms with Crippen molar-refractivity contribution >= 4 is 5.91 Å². The second-order valence-electron chi connectivity index (χ2n) is 5.34. The highest BCUT2D eigenvalue weighted by molar-refractivity contribution is 5.76. The zero-order valence-corrected chi connectivity index (χ0v) is 12.3. The van der Waals surface area contributed by atoms with Crippen molar-refractivity contribution in [2.45, 2.75) is 25.3 Å². The second kappa shape index (κ2) is 7.60. The molecule has 2 rings (SSSR count). The maximum atomic E-state index is 12.0. The Morgan fingerprint density at radius 1 is 1.00 bits per heavy atom. The van der Waals surface area contributed by atoms with E-state index in [4.69, 9.17) is 5.73 Å². The van der Waals surface area contributed by atoms with Crippen molar-refractivity contribution in [3.8, 4) is 0 Å². The van der Waals surface area contributed by atoms with Gasteiger partial charge in [0, 0.05) is 19.0 Å². The van der Waals surface area contributed by atoms with E-state index < -0.39 is 0 Å². The minimum absolute atomic E-state index is 0.0396. The molecule has 0 aromatic heterocycles. The molecule has 110 valence electrons. The van der Waals surface area contributed by atoms with E-state index in [1.165, 1.54) is 5.56 Å². The number of carbonyl (C=O) groups is 1. The average Bonchev–Trinajstić information content (AvgIpc) is 2.54. The molecule has 3 N–H and O–H groups in total. The second-order valence-corrected chi connectivity index (χ2v) is 5.34. The van der Waals surface area contributed by atoms with Crippen LogP contribution in [0.15, 0.2) is 60.7 Å². The molecular formula is C18H22N2O. The van der Waals surface area contributed by atoms with Crippen LogP contribution in [-0.2, 0) is 4.79 Å². The molecule has 2 atom stereocenters. The first-order valence-corrected chi connectivity index (χ1v) is 7.29. The Bertz CT molecular complexity index is 554. The Kier molecular flexibility index (Phi) is 5.52. The van der Waals surface area contributed by atoms with Gasteiger partial charge in [-0.2, -0.15) is 0 Å². The van der Waals surface area contributed by atoms with Gasteiger partial charge in [-0.1, -0.05) is 67.6 Å². The monoisotopic (exact) mass is 282 g/mol. The van der Waals surface area contributed by atoms with Crippen molar-refractivity contribution in [3.63, 3.8) is 0 Å². The van der Waals surface area contributed by atoms with Gasteiger partial charge in [0.15, 0.2) is 0 Å². The van der Waals surface area contributed by atoms with Crippen molar-refractivity contribution in [2.75, 3.05) is 6.54 Å². The Hall–Kier alpha value is -2.13. The SMILES string of the molecule is CC(CC(=O)NCC(N)c1ccccc1)c1ccccc1. The lowest BCUT2D eigenvalue weighted by atomic mass is 9.97. The topological polar surface area (TPSA) is 55.1 Å². The first kappa shape index (κ1) is 15.3. The van der Waals surface area contributed by atoms with Gasteiger partial charge in [0.2, 0.25) is 5.91 Å². The van der Waals surface area contributed by atoms with Gasteiger partial charge < -0.3 is 11.1 Å². The molecule has 1 amide bonds. The van der Waals surface area contributed by atoms with E-state index in [1.807, 2.05) is 60.7 Å². The molecule has 0 fully saturated rings. The molecule has 2 aromatic carbocycles. The van der Waals surface area contributed by atoms with Crippen LogP contribution in [0.4, 0.5) is 0 Å². The number of benzene rings is 2. The fourth-order valence-electron chi connectivity index (χ4n) is 2.29. The van der Waals surface area contributed by atoms with Crippen LogP contribution in [0.5, 0.6) is 0 Å². The third-order valence-corrected chi connectivity index (χ3v) is 3.61. The van der Waals surface area contributed by atoms with Crippen molar-refractivity contribution in [1.82, 2.24) is 5.32 Å². The Labute approximate surface area is 126 Å². The summed E-state index contributed by atoms with van der Waals surface area (Å²) >= 11 is 0. The quantitative estimate of drug-likeness (QED) is 0.855. The zero-order valence-electron chi connectivity index (χ0n) is 12.3. The minimum atomic E-state index is -0.165. The number of hydrogen-bond acceptors (Lipinski definition) is 2. The van der Waals surface area contributed by atoms with E-state index >= 15 is 0 Å². The molecule has 0 aliphatic carbocycles. The van der Waals surface area contributed by atoms with Crippen LogP contribution in [-0.4, -0.2) is 12.5 Å². The first-order chi connectivity index (χ1) is 10.2. The number of nitrogens with one attached hydrogen (secondary N) is 1. The van der Waals surface area contributed by atoms with Gasteiger partial charge in [0.1, 0.15) is 0 Å². The van der Waals surface area contributed by atoms with E-state index in [0.717, 1.165) is 5.56 Å². The molecule has 0 saturated heterocycles. The molecule has 0 bridgehead atoms. The molecular weight excluding hydrogens is 260 g/mol. The largest absolute Gasteiger partial charge is 0.354 e. The number of hydrogen-bond donors (Lipinski definition) is 2. The molecule has 0 spiro atoms. The molecule has 0 aliphatic rings. The Morgan fingerprint density at radius 3 is 2.10 bits per heavy atom. The molecule has 0 heterocycles. The number of carbonyl (C=O) groups excluding carboxylic acids is 1. The van der Waals surface area contributed by atoms with Gasteiger partial charge in [0.05, 0.1) is 0 Å². The lowest BCUT2D eigenvalue weighted by Gasteiger charge is -2.15. The van der Waals surface area contributed by atoms with Gasteiger partial charge in [-0.25, -0.2) is 0 Å².